The van der Waals surface area contributed by atoms with Crippen molar-refractivity contribution < 1.29 is 9.47 Å². The second kappa shape index (κ2) is 8.42. The SMILES string of the molecule is COCCOCCNCc1n[nH]nc1-c1ccccc1. The van der Waals surface area contributed by atoms with Crippen molar-refractivity contribution >= 4 is 0 Å². The van der Waals surface area contributed by atoms with E-state index in [9.17, 15) is 0 Å². The van der Waals surface area contributed by atoms with Crippen LogP contribution in [0.4, 0.5) is 0 Å². The molecule has 1 aromatic heterocycles. The van der Waals surface area contributed by atoms with E-state index in [0.717, 1.165) is 23.5 Å². The van der Waals surface area contributed by atoms with Gasteiger partial charge in [0.05, 0.1) is 19.8 Å². The molecule has 0 saturated carbocycles. The van der Waals surface area contributed by atoms with E-state index < -0.39 is 0 Å². The average molecular weight is 276 g/mol. The summed E-state index contributed by atoms with van der Waals surface area (Å²) in [6.07, 6.45) is 0. The first kappa shape index (κ1) is 14.6. The summed E-state index contributed by atoms with van der Waals surface area (Å²) in [5.41, 5.74) is 2.86. The third-order valence-corrected chi connectivity index (χ3v) is 2.81. The number of aromatic nitrogens is 3. The number of H-pyrrole nitrogens is 1. The summed E-state index contributed by atoms with van der Waals surface area (Å²) in [6, 6.07) is 10.0. The fourth-order valence-corrected chi connectivity index (χ4v) is 1.80. The normalized spacial score (nSPS) is 10.8. The highest BCUT2D eigenvalue weighted by molar-refractivity contribution is 5.60. The van der Waals surface area contributed by atoms with Gasteiger partial charge in [-0.1, -0.05) is 30.3 Å². The van der Waals surface area contributed by atoms with Crippen LogP contribution in [0.1, 0.15) is 5.69 Å². The molecule has 0 fully saturated rings. The van der Waals surface area contributed by atoms with Gasteiger partial charge in [-0.15, -0.1) is 0 Å². The van der Waals surface area contributed by atoms with Gasteiger partial charge in [0.2, 0.25) is 0 Å². The molecule has 0 aliphatic carbocycles. The highest BCUT2D eigenvalue weighted by Crippen LogP contribution is 2.18. The molecule has 0 aliphatic rings. The molecule has 2 rings (SSSR count). The number of benzene rings is 1. The van der Waals surface area contributed by atoms with E-state index in [2.05, 4.69) is 20.7 Å². The van der Waals surface area contributed by atoms with Gasteiger partial charge < -0.3 is 14.8 Å². The number of ether oxygens (including phenoxy) is 2. The molecule has 0 aliphatic heterocycles. The summed E-state index contributed by atoms with van der Waals surface area (Å²) >= 11 is 0. The van der Waals surface area contributed by atoms with Gasteiger partial charge in [0, 0.05) is 25.8 Å². The van der Waals surface area contributed by atoms with Crippen molar-refractivity contribution in [3.05, 3.63) is 36.0 Å². The van der Waals surface area contributed by atoms with Crippen LogP contribution in [0.25, 0.3) is 11.3 Å². The molecule has 1 heterocycles. The summed E-state index contributed by atoms with van der Waals surface area (Å²) in [5.74, 6) is 0. The van der Waals surface area contributed by atoms with Gasteiger partial charge in [-0.2, -0.15) is 15.4 Å². The predicted molar refractivity (Wildman–Crippen MR) is 76.2 cm³/mol. The summed E-state index contributed by atoms with van der Waals surface area (Å²) in [6.45, 7) is 3.33. The number of methoxy groups -OCH3 is 1. The Kier molecular flexibility index (Phi) is 6.16. The maximum absolute atomic E-state index is 5.38. The molecule has 20 heavy (non-hydrogen) atoms. The van der Waals surface area contributed by atoms with Gasteiger partial charge in [-0.05, 0) is 0 Å². The summed E-state index contributed by atoms with van der Waals surface area (Å²) in [4.78, 5) is 0. The van der Waals surface area contributed by atoms with Crippen LogP contribution < -0.4 is 5.32 Å². The Labute approximate surface area is 118 Å². The largest absolute Gasteiger partial charge is 0.382 e. The van der Waals surface area contributed by atoms with E-state index in [4.69, 9.17) is 9.47 Å². The van der Waals surface area contributed by atoms with Crippen molar-refractivity contribution in [2.75, 3.05) is 33.5 Å². The Morgan fingerprint density at radius 3 is 2.75 bits per heavy atom. The lowest BCUT2D eigenvalue weighted by atomic mass is 10.1. The molecule has 6 heteroatoms. The molecule has 0 unspecified atom stereocenters. The van der Waals surface area contributed by atoms with E-state index in [0.29, 0.717) is 26.4 Å². The molecule has 108 valence electrons. The van der Waals surface area contributed by atoms with Crippen LogP contribution in [0, 0.1) is 0 Å². The minimum absolute atomic E-state index is 0.622. The number of nitrogens with zero attached hydrogens (tertiary/aromatic N) is 2. The van der Waals surface area contributed by atoms with Crippen molar-refractivity contribution in [3.63, 3.8) is 0 Å². The van der Waals surface area contributed by atoms with E-state index in [1.165, 1.54) is 0 Å². The average Bonchev–Trinajstić information content (AvgIpc) is 2.96. The molecule has 6 nitrogen and oxygen atoms in total. The lowest BCUT2D eigenvalue weighted by molar-refractivity contribution is 0.0719. The standard InChI is InChI=1S/C14H20N4O2/c1-19-9-10-20-8-7-15-11-13-14(17-18-16-13)12-5-3-2-4-6-12/h2-6,15H,7-11H2,1H3,(H,16,17,18). The van der Waals surface area contributed by atoms with E-state index in [1.807, 2.05) is 30.3 Å². The Hall–Kier alpha value is -1.76. The first-order chi connectivity index (χ1) is 9.92. The molecular weight excluding hydrogens is 256 g/mol. The molecular formula is C14H20N4O2. The summed E-state index contributed by atoms with van der Waals surface area (Å²) < 4.78 is 10.3. The Balaban J connectivity index is 1.76. The lowest BCUT2D eigenvalue weighted by Crippen LogP contribution is -2.20. The minimum Gasteiger partial charge on any atom is -0.382 e. The number of nitrogens with one attached hydrogen (secondary N) is 2. The van der Waals surface area contributed by atoms with Crippen LogP contribution in [-0.2, 0) is 16.0 Å². The van der Waals surface area contributed by atoms with Crippen molar-refractivity contribution in [1.82, 2.24) is 20.7 Å². The van der Waals surface area contributed by atoms with Gasteiger partial charge in [0.25, 0.3) is 0 Å². The van der Waals surface area contributed by atoms with Gasteiger partial charge in [0.15, 0.2) is 0 Å². The molecule has 0 bridgehead atoms. The van der Waals surface area contributed by atoms with Crippen LogP contribution in [-0.4, -0.2) is 48.9 Å². The zero-order chi connectivity index (χ0) is 14.0. The second-order valence-corrected chi connectivity index (χ2v) is 4.27. The highest BCUT2D eigenvalue weighted by atomic mass is 16.5. The molecule has 0 saturated heterocycles. The Bertz CT molecular complexity index is 487. The molecule has 1 aromatic carbocycles. The van der Waals surface area contributed by atoms with E-state index in [1.54, 1.807) is 7.11 Å². The van der Waals surface area contributed by atoms with Crippen LogP contribution in [0.5, 0.6) is 0 Å². The molecule has 2 aromatic rings. The third-order valence-electron chi connectivity index (χ3n) is 2.81. The van der Waals surface area contributed by atoms with E-state index in [-0.39, 0.29) is 0 Å². The fraction of sp³-hybridized carbons (Fsp3) is 0.429. The molecule has 2 N–H and O–H groups in total. The monoisotopic (exact) mass is 276 g/mol. The zero-order valence-electron chi connectivity index (χ0n) is 11.6. The van der Waals surface area contributed by atoms with Crippen LogP contribution in [0.15, 0.2) is 30.3 Å². The first-order valence-electron chi connectivity index (χ1n) is 6.64. The third kappa shape index (κ3) is 4.41. The Morgan fingerprint density at radius 2 is 1.95 bits per heavy atom. The van der Waals surface area contributed by atoms with Crippen LogP contribution >= 0.6 is 0 Å². The minimum atomic E-state index is 0.622. The van der Waals surface area contributed by atoms with Gasteiger partial charge >= 0.3 is 0 Å². The fourth-order valence-electron chi connectivity index (χ4n) is 1.80. The number of rotatable bonds is 9. The predicted octanol–water partition coefficient (Wildman–Crippen LogP) is 1.22. The number of aromatic amines is 1. The molecule has 0 amide bonds. The number of hydrogen-bond acceptors (Lipinski definition) is 5. The van der Waals surface area contributed by atoms with Crippen molar-refractivity contribution in [2.45, 2.75) is 6.54 Å². The lowest BCUT2D eigenvalue weighted by Gasteiger charge is -2.05. The van der Waals surface area contributed by atoms with Crippen molar-refractivity contribution in [1.29, 1.82) is 0 Å². The maximum atomic E-state index is 5.38. The topological polar surface area (TPSA) is 72.1 Å². The van der Waals surface area contributed by atoms with Crippen LogP contribution in [0.3, 0.4) is 0 Å². The Morgan fingerprint density at radius 1 is 1.10 bits per heavy atom. The van der Waals surface area contributed by atoms with Gasteiger partial charge in [-0.3, -0.25) is 0 Å². The van der Waals surface area contributed by atoms with E-state index >= 15 is 0 Å². The highest BCUT2D eigenvalue weighted by Gasteiger charge is 2.08. The zero-order valence-corrected chi connectivity index (χ0v) is 11.6. The van der Waals surface area contributed by atoms with Crippen molar-refractivity contribution in [2.24, 2.45) is 0 Å². The second-order valence-electron chi connectivity index (χ2n) is 4.27. The quantitative estimate of drug-likeness (QED) is 0.674. The smallest absolute Gasteiger partial charge is 0.117 e. The van der Waals surface area contributed by atoms with Gasteiger partial charge in [-0.25, -0.2) is 0 Å². The van der Waals surface area contributed by atoms with Crippen molar-refractivity contribution in [3.8, 4) is 11.3 Å². The summed E-state index contributed by atoms with van der Waals surface area (Å²) in [7, 11) is 1.66. The number of hydrogen-bond donors (Lipinski definition) is 2. The molecule has 0 atom stereocenters. The first-order valence-corrected chi connectivity index (χ1v) is 6.64. The molecule has 0 spiro atoms. The van der Waals surface area contributed by atoms with Gasteiger partial charge in [0.1, 0.15) is 11.4 Å². The molecule has 0 radical (unpaired) electrons. The maximum Gasteiger partial charge on any atom is 0.117 e. The van der Waals surface area contributed by atoms with Crippen LogP contribution in [0.2, 0.25) is 0 Å². The summed E-state index contributed by atoms with van der Waals surface area (Å²) in [5, 5.41) is 14.3.